The first-order valence-electron chi connectivity index (χ1n) is 9.57. The number of nitrogens with one attached hydrogen (secondary N) is 1. The zero-order chi connectivity index (χ0) is 17.2. The Morgan fingerprint density at radius 2 is 2.00 bits per heavy atom. The van der Waals surface area contributed by atoms with Crippen molar-refractivity contribution in [3.63, 3.8) is 0 Å². The number of amides is 1. The van der Waals surface area contributed by atoms with Gasteiger partial charge in [0.15, 0.2) is 0 Å². The van der Waals surface area contributed by atoms with Crippen LogP contribution < -0.4 is 10.1 Å². The Morgan fingerprint density at radius 1 is 1.20 bits per heavy atom. The van der Waals surface area contributed by atoms with E-state index in [0.717, 1.165) is 55.1 Å². The third kappa shape index (κ3) is 3.59. The minimum absolute atomic E-state index is 0.112. The first-order valence-corrected chi connectivity index (χ1v) is 9.57. The van der Waals surface area contributed by atoms with Gasteiger partial charge in [-0.1, -0.05) is 24.3 Å². The number of allylic oxidation sites excluding steroid dienone is 2. The second-order valence-corrected chi connectivity index (χ2v) is 7.80. The molecule has 2 aliphatic carbocycles. The van der Waals surface area contributed by atoms with Crippen LogP contribution in [0.15, 0.2) is 36.4 Å². The van der Waals surface area contributed by atoms with Gasteiger partial charge in [0, 0.05) is 12.5 Å². The minimum atomic E-state index is 0.112. The highest BCUT2D eigenvalue weighted by molar-refractivity contribution is 5.94. The quantitative estimate of drug-likeness (QED) is 0.834. The summed E-state index contributed by atoms with van der Waals surface area (Å²) in [5.74, 6) is 3.47. The van der Waals surface area contributed by atoms with Crippen molar-refractivity contribution in [2.45, 2.75) is 25.7 Å². The largest absolute Gasteiger partial charge is 0.495 e. The monoisotopic (exact) mass is 340 g/mol. The molecule has 2 bridgehead atoms. The second kappa shape index (κ2) is 7.20. The van der Waals surface area contributed by atoms with Crippen LogP contribution in [0.5, 0.6) is 5.75 Å². The lowest BCUT2D eigenvalue weighted by Crippen LogP contribution is -2.41. The summed E-state index contributed by atoms with van der Waals surface area (Å²) in [6, 6.07) is 7.61. The molecule has 2 fully saturated rings. The third-order valence-corrected chi connectivity index (χ3v) is 6.23. The number of likely N-dealkylation sites (tertiary alicyclic amines) is 1. The smallest absolute Gasteiger partial charge is 0.227 e. The van der Waals surface area contributed by atoms with Crippen molar-refractivity contribution in [3.8, 4) is 5.75 Å². The molecule has 25 heavy (non-hydrogen) atoms. The van der Waals surface area contributed by atoms with Crippen LogP contribution >= 0.6 is 0 Å². The van der Waals surface area contributed by atoms with Crippen LogP contribution in [0.1, 0.15) is 25.7 Å². The molecule has 3 aliphatic rings. The van der Waals surface area contributed by atoms with Gasteiger partial charge in [-0.05, 0) is 68.7 Å². The summed E-state index contributed by atoms with van der Waals surface area (Å²) >= 11 is 0. The number of hydrogen-bond acceptors (Lipinski definition) is 3. The number of carbonyl (C=O) groups excluding carboxylic acids is 1. The maximum Gasteiger partial charge on any atom is 0.227 e. The summed E-state index contributed by atoms with van der Waals surface area (Å²) in [7, 11) is 1.63. The average Bonchev–Trinajstić information content (AvgIpc) is 3.26. The van der Waals surface area contributed by atoms with E-state index >= 15 is 0 Å². The fourth-order valence-corrected chi connectivity index (χ4v) is 4.80. The lowest BCUT2D eigenvalue weighted by Gasteiger charge is -2.34. The van der Waals surface area contributed by atoms with Gasteiger partial charge in [0.25, 0.3) is 0 Å². The molecule has 4 rings (SSSR count). The molecule has 1 amide bonds. The van der Waals surface area contributed by atoms with Gasteiger partial charge in [-0.2, -0.15) is 0 Å². The highest BCUT2D eigenvalue weighted by Gasteiger charge is 2.37. The number of anilines is 1. The number of piperidine rings is 1. The number of hydrogen-bond donors (Lipinski definition) is 1. The molecule has 1 saturated carbocycles. The fraction of sp³-hybridized carbons (Fsp3) is 0.571. The maximum absolute atomic E-state index is 12.6. The Labute approximate surface area is 150 Å². The minimum Gasteiger partial charge on any atom is -0.495 e. The number of nitrogens with zero attached hydrogens (tertiary/aromatic N) is 1. The van der Waals surface area contributed by atoms with Gasteiger partial charge in [0.1, 0.15) is 5.75 Å². The Hall–Kier alpha value is -1.81. The highest BCUT2D eigenvalue weighted by atomic mass is 16.5. The maximum atomic E-state index is 12.6. The predicted octanol–water partition coefficient (Wildman–Crippen LogP) is 3.56. The number of methoxy groups -OCH3 is 1. The SMILES string of the molecule is COc1ccccc1NC(=O)C1CCN(CC2CC3C=CC2C3)CC1. The molecule has 0 radical (unpaired) electrons. The van der Waals surface area contributed by atoms with Crippen molar-refractivity contribution in [1.82, 2.24) is 4.90 Å². The van der Waals surface area contributed by atoms with E-state index in [0.29, 0.717) is 0 Å². The van der Waals surface area contributed by atoms with E-state index in [-0.39, 0.29) is 11.8 Å². The molecule has 1 saturated heterocycles. The Balaban J connectivity index is 1.27. The van der Waals surface area contributed by atoms with Gasteiger partial charge in [-0.3, -0.25) is 4.79 Å². The summed E-state index contributed by atoms with van der Waals surface area (Å²) in [5, 5.41) is 3.05. The number of benzene rings is 1. The number of fused-ring (bicyclic) bond motifs is 2. The highest BCUT2D eigenvalue weighted by Crippen LogP contribution is 2.43. The number of para-hydroxylation sites is 2. The van der Waals surface area contributed by atoms with Gasteiger partial charge >= 0.3 is 0 Å². The number of ether oxygens (including phenoxy) is 1. The number of carbonyl (C=O) groups is 1. The van der Waals surface area contributed by atoms with Crippen LogP contribution in [0.4, 0.5) is 5.69 Å². The summed E-state index contributed by atoms with van der Waals surface area (Å²) in [5.41, 5.74) is 0.770. The Morgan fingerprint density at radius 3 is 2.68 bits per heavy atom. The van der Waals surface area contributed by atoms with E-state index in [1.54, 1.807) is 7.11 Å². The van der Waals surface area contributed by atoms with Crippen LogP contribution in [-0.4, -0.2) is 37.6 Å². The van der Waals surface area contributed by atoms with E-state index in [4.69, 9.17) is 4.74 Å². The van der Waals surface area contributed by atoms with E-state index in [9.17, 15) is 4.79 Å². The second-order valence-electron chi connectivity index (χ2n) is 7.80. The summed E-state index contributed by atoms with van der Waals surface area (Å²) < 4.78 is 5.32. The van der Waals surface area contributed by atoms with Gasteiger partial charge in [-0.15, -0.1) is 0 Å². The molecule has 1 aromatic carbocycles. The lowest BCUT2D eigenvalue weighted by atomic mass is 9.90. The van der Waals surface area contributed by atoms with Crippen molar-refractivity contribution >= 4 is 11.6 Å². The first kappa shape index (κ1) is 16.6. The van der Waals surface area contributed by atoms with Gasteiger partial charge in [-0.25, -0.2) is 0 Å². The predicted molar refractivity (Wildman–Crippen MR) is 99.6 cm³/mol. The Kier molecular flexibility index (Phi) is 4.80. The molecular weight excluding hydrogens is 312 g/mol. The van der Waals surface area contributed by atoms with Crippen molar-refractivity contribution in [1.29, 1.82) is 0 Å². The standard InChI is InChI=1S/C21H28N2O2/c1-25-20-5-3-2-4-19(20)22-21(24)16-8-10-23(11-9-16)14-18-13-15-6-7-17(18)12-15/h2-7,15-18H,8-14H2,1H3,(H,22,24). The summed E-state index contributed by atoms with van der Waals surface area (Å²) in [6.07, 6.45) is 9.51. The molecule has 1 aromatic rings. The molecule has 0 spiro atoms. The van der Waals surface area contributed by atoms with E-state index in [1.807, 2.05) is 24.3 Å². The number of rotatable bonds is 5. The van der Waals surface area contributed by atoms with Crippen molar-refractivity contribution in [2.24, 2.45) is 23.7 Å². The van der Waals surface area contributed by atoms with Crippen molar-refractivity contribution < 1.29 is 9.53 Å². The zero-order valence-corrected chi connectivity index (χ0v) is 15.0. The molecule has 3 unspecified atom stereocenters. The van der Waals surface area contributed by atoms with Gasteiger partial charge in [0.2, 0.25) is 5.91 Å². The van der Waals surface area contributed by atoms with Crippen molar-refractivity contribution in [3.05, 3.63) is 36.4 Å². The first-order chi connectivity index (χ1) is 12.2. The molecule has 4 heteroatoms. The molecule has 1 aliphatic heterocycles. The molecular formula is C21H28N2O2. The van der Waals surface area contributed by atoms with Crippen molar-refractivity contribution in [2.75, 3.05) is 32.1 Å². The summed E-state index contributed by atoms with van der Waals surface area (Å²) in [4.78, 5) is 15.2. The zero-order valence-electron chi connectivity index (χ0n) is 15.0. The molecule has 1 N–H and O–H groups in total. The topological polar surface area (TPSA) is 41.6 Å². The molecule has 1 heterocycles. The lowest BCUT2D eigenvalue weighted by molar-refractivity contribution is -0.121. The Bertz CT molecular complexity index is 649. The normalized spacial score (nSPS) is 29.1. The summed E-state index contributed by atoms with van der Waals surface area (Å²) in [6.45, 7) is 3.30. The molecule has 134 valence electrons. The van der Waals surface area contributed by atoms with E-state index in [2.05, 4.69) is 22.4 Å². The van der Waals surface area contributed by atoms with Crippen LogP contribution in [0.3, 0.4) is 0 Å². The van der Waals surface area contributed by atoms with Crippen LogP contribution in [0.25, 0.3) is 0 Å². The van der Waals surface area contributed by atoms with Gasteiger partial charge < -0.3 is 15.0 Å². The molecule has 3 atom stereocenters. The van der Waals surface area contributed by atoms with E-state index < -0.39 is 0 Å². The average molecular weight is 340 g/mol. The molecule has 4 nitrogen and oxygen atoms in total. The van der Waals surface area contributed by atoms with Crippen LogP contribution in [0, 0.1) is 23.7 Å². The third-order valence-electron chi connectivity index (χ3n) is 6.23. The van der Waals surface area contributed by atoms with Crippen LogP contribution in [0.2, 0.25) is 0 Å². The van der Waals surface area contributed by atoms with Crippen LogP contribution in [-0.2, 0) is 4.79 Å². The van der Waals surface area contributed by atoms with E-state index in [1.165, 1.54) is 19.4 Å². The fourth-order valence-electron chi connectivity index (χ4n) is 4.80. The molecule has 0 aromatic heterocycles. The van der Waals surface area contributed by atoms with Gasteiger partial charge in [0.05, 0.1) is 12.8 Å².